The van der Waals surface area contributed by atoms with Gasteiger partial charge in [-0.05, 0) is 37.1 Å². The number of rotatable bonds is 4. The van der Waals surface area contributed by atoms with Gasteiger partial charge in [0, 0.05) is 33.7 Å². The molecule has 5 nitrogen and oxygen atoms in total. The van der Waals surface area contributed by atoms with E-state index in [1.807, 2.05) is 55.6 Å². The summed E-state index contributed by atoms with van der Waals surface area (Å²) in [5.74, 6) is 0.866. The summed E-state index contributed by atoms with van der Waals surface area (Å²) in [5.41, 5.74) is 5.40. The van der Waals surface area contributed by atoms with Gasteiger partial charge < -0.3 is 10.1 Å². The van der Waals surface area contributed by atoms with Gasteiger partial charge in [-0.3, -0.25) is 4.79 Å². The quantitative estimate of drug-likeness (QED) is 0.552. The summed E-state index contributed by atoms with van der Waals surface area (Å²) in [6.45, 7) is 6.76. The van der Waals surface area contributed by atoms with Crippen molar-refractivity contribution in [2.24, 2.45) is 10.9 Å². The van der Waals surface area contributed by atoms with Crippen LogP contribution in [0.3, 0.4) is 0 Å². The van der Waals surface area contributed by atoms with E-state index in [0.29, 0.717) is 22.2 Å². The molecule has 0 radical (unpaired) electrons. The Kier molecular flexibility index (Phi) is 6.09. The minimum Gasteiger partial charge on any atom is -0.493 e. The molecule has 0 fully saturated rings. The van der Waals surface area contributed by atoms with Crippen LogP contribution in [-0.4, -0.2) is 34.7 Å². The minimum atomic E-state index is -0.277. The smallest absolute Gasteiger partial charge is 0.275 e. The molecule has 1 unspecified atom stereocenters. The molecule has 3 aliphatic rings. The van der Waals surface area contributed by atoms with Gasteiger partial charge in [0.2, 0.25) is 5.71 Å². The summed E-state index contributed by atoms with van der Waals surface area (Å²) < 4.78 is 7.86. The largest absolute Gasteiger partial charge is 0.493 e. The van der Waals surface area contributed by atoms with Crippen LogP contribution in [0, 0.1) is 5.92 Å². The normalized spacial score (nSPS) is 21.3. The molecule has 0 bridgehead atoms. The molecule has 3 aliphatic heterocycles. The van der Waals surface area contributed by atoms with Gasteiger partial charge in [0.15, 0.2) is 6.20 Å². The predicted octanol–water partition coefficient (Wildman–Crippen LogP) is 5.72. The lowest BCUT2D eigenvalue weighted by Crippen LogP contribution is -2.37. The zero-order valence-corrected chi connectivity index (χ0v) is 20.8. The second-order valence-electron chi connectivity index (χ2n) is 9.04. The molecule has 1 N–H and O–H groups in total. The van der Waals surface area contributed by atoms with Crippen LogP contribution < -0.4 is 10.1 Å². The zero-order chi connectivity index (χ0) is 24.0. The Morgan fingerprint density at radius 3 is 2.65 bits per heavy atom. The Balaban J connectivity index is 1.51. The first kappa shape index (κ1) is 22.9. The highest BCUT2D eigenvalue weighted by Gasteiger charge is 2.42. The lowest BCUT2D eigenvalue weighted by Gasteiger charge is -2.28. The van der Waals surface area contributed by atoms with Gasteiger partial charge in [0.1, 0.15) is 11.5 Å². The van der Waals surface area contributed by atoms with E-state index in [1.165, 1.54) is 0 Å². The van der Waals surface area contributed by atoms with E-state index in [2.05, 4.69) is 23.7 Å². The van der Waals surface area contributed by atoms with E-state index in [0.717, 1.165) is 40.3 Å². The van der Waals surface area contributed by atoms with E-state index >= 15 is 0 Å². The summed E-state index contributed by atoms with van der Waals surface area (Å²) in [6, 6.07) is 13.3. The molecule has 34 heavy (non-hydrogen) atoms. The monoisotopic (exact) mass is 494 g/mol. The number of carbonyl (C=O) groups is 1. The average Bonchev–Trinajstić information content (AvgIpc) is 3.13. The Morgan fingerprint density at radius 2 is 1.91 bits per heavy atom. The van der Waals surface area contributed by atoms with Crippen molar-refractivity contribution in [2.75, 3.05) is 6.61 Å². The molecular weight excluding hydrogens is 469 g/mol. The number of hydrogen-bond donors (Lipinski definition) is 1. The number of para-hydroxylation sites is 1. The third-order valence-electron chi connectivity index (χ3n) is 6.44. The van der Waals surface area contributed by atoms with Crippen LogP contribution in [0.2, 0.25) is 10.0 Å². The summed E-state index contributed by atoms with van der Waals surface area (Å²) in [4.78, 5) is 18.5. The lowest BCUT2D eigenvalue weighted by atomic mass is 9.91. The molecule has 2 atom stereocenters. The first-order valence-electron chi connectivity index (χ1n) is 11.4. The molecule has 0 saturated heterocycles. The third-order valence-corrected chi connectivity index (χ3v) is 6.87. The highest BCUT2D eigenvalue weighted by molar-refractivity contribution is 6.47. The summed E-state index contributed by atoms with van der Waals surface area (Å²) in [7, 11) is 0. The number of halogens is 2. The topological polar surface area (TPSA) is 53.7 Å². The van der Waals surface area contributed by atoms with Crippen LogP contribution in [0.4, 0.5) is 0 Å². The summed E-state index contributed by atoms with van der Waals surface area (Å²) in [6.07, 6.45) is 4.29. The predicted molar refractivity (Wildman–Crippen MR) is 136 cm³/mol. The first-order chi connectivity index (χ1) is 16.3. The molecule has 2 aromatic rings. The maximum Gasteiger partial charge on any atom is 0.275 e. The molecule has 0 spiro atoms. The molecule has 7 heteroatoms. The number of benzene rings is 2. The zero-order valence-electron chi connectivity index (χ0n) is 19.3. The van der Waals surface area contributed by atoms with Gasteiger partial charge in [-0.15, -0.1) is 0 Å². The SMILES string of the molecule is CC1=NC2C(C(C)C)=C(C(=O)N[C@H]3CCOc4ccccc43)C=C[N+]2=C1c1cc(Cl)cc(Cl)c1. The standard InChI is InChI=1S/C27H25Cl2N3O2/c1-15(2)24-21(27(33)31-22-9-11-34-23-7-5-4-6-20(22)23)8-10-32-25(16(3)30-26(24)32)17-12-18(28)14-19(29)13-17/h4-8,10,12-15,22,26H,9,11H2,1-3H3/p+1/t22-,26?/m0/s1. The van der Waals surface area contributed by atoms with Crippen LogP contribution in [0.1, 0.15) is 44.4 Å². The molecule has 5 rings (SSSR count). The summed E-state index contributed by atoms with van der Waals surface area (Å²) in [5, 5.41) is 4.39. The van der Waals surface area contributed by atoms with Crippen LogP contribution >= 0.6 is 23.2 Å². The second kappa shape index (κ2) is 9.05. The van der Waals surface area contributed by atoms with E-state index in [4.69, 9.17) is 32.9 Å². The Morgan fingerprint density at radius 1 is 1.18 bits per heavy atom. The maximum absolute atomic E-state index is 13.5. The number of nitrogens with zero attached hydrogens (tertiary/aromatic N) is 2. The van der Waals surface area contributed by atoms with E-state index in [-0.39, 0.29) is 24.0 Å². The summed E-state index contributed by atoms with van der Waals surface area (Å²) >= 11 is 12.6. The average molecular weight is 495 g/mol. The molecule has 3 heterocycles. The van der Waals surface area contributed by atoms with E-state index in [9.17, 15) is 4.79 Å². The van der Waals surface area contributed by atoms with Gasteiger partial charge in [-0.25, -0.2) is 4.99 Å². The number of hydrogen-bond acceptors (Lipinski definition) is 3. The fourth-order valence-electron chi connectivity index (χ4n) is 4.97. The molecule has 0 aliphatic carbocycles. The highest BCUT2D eigenvalue weighted by Crippen LogP contribution is 2.34. The number of nitrogens with one attached hydrogen (secondary N) is 1. The van der Waals surface area contributed by atoms with Crippen molar-refractivity contribution in [1.82, 2.24) is 5.32 Å². The van der Waals surface area contributed by atoms with Crippen molar-refractivity contribution in [2.45, 2.75) is 39.4 Å². The molecule has 0 saturated carbocycles. The van der Waals surface area contributed by atoms with Gasteiger partial charge in [-0.2, -0.15) is 4.58 Å². The van der Waals surface area contributed by atoms with Gasteiger partial charge in [-0.1, -0.05) is 55.2 Å². The second-order valence-corrected chi connectivity index (χ2v) is 9.92. The third kappa shape index (κ3) is 4.08. The van der Waals surface area contributed by atoms with E-state index in [1.54, 1.807) is 6.07 Å². The van der Waals surface area contributed by atoms with Crippen molar-refractivity contribution in [3.05, 3.63) is 87.1 Å². The highest BCUT2D eigenvalue weighted by atomic mass is 35.5. The Labute approximate surface area is 209 Å². The van der Waals surface area contributed by atoms with Crippen LogP contribution in [-0.2, 0) is 4.79 Å². The van der Waals surface area contributed by atoms with Crippen molar-refractivity contribution in [1.29, 1.82) is 0 Å². The van der Waals surface area contributed by atoms with Crippen molar-refractivity contribution in [3.63, 3.8) is 0 Å². The first-order valence-corrected chi connectivity index (χ1v) is 12.2. The number of carbonyl (C=O) groups excluding carboxylic acids is 1. The molecule has 1 amide bonds. The molecule has 174 valence electrons. The number of aliphatic imine (C=N–C) groups is 1. The molecular formula is C27H26Cl2N3O2+. The van der Waals surface area contributed by atoms with Crippen LogP contribution in [0.5, 0.6) is 5.75 Å². The minimum absolute atomic E-state index is 0.0886. The fourth-order valence-corrected chi connectivity index (χ4v) is 5.50. The van der Waals surface area contributed by atoms with Gasteiger partial charge >= 0.3 is 0 Å². The van der Waals surface area contributed by atoms with Crippen LogP contribution in [0.15, 0.2) is 70.9 Å². The van der Waals surface area contributed by atoms with Gasteiger partial charge in [0.25, 0.3) is 12.1 Å². The van der Waals surface area contributed by atoms with Crippen LogP contribution in [0.25, 0.3) is 0 Å². The van der Waals surface area contributed by atoms with Gasteiger partial charge in [0.05, 0.1) is 23.8 Å². The number of amides is 1. The lowest BCUT2D eigenvalue weighted by molar-refractivity contribution is -0.484. The molecule has 2 aromatic carbocycles. The number of fused-ring (bicyclic) bond motifs is 2. The van der Waals surface area contributed by atoms with Crippen molar-refractivity contribution >= 4 is 40.5 Å². The molecule has 0 aromatic heterocycles. The van der Waals surface area contributed by atoms with E-state index < -0.39 is 0 Å². The number of ether oxygens (including phenoxy) is 1. The van der Waals surface area contributed by atoms with Crippen molar-refractivity contribution in [3.8, 4) is 5.75 Å². The Bertz CT molecular complexity index is 1290. The van der Waals surface area contributed by atoms with Crippen molar-refractivity contribution < 1.29 is 14.1 Å². The maximum atomic E-state index is 13.5. The Hall–Kier alpha value is -2.89. The fraction of sp³-hybridized carbons (Fsp3) is 0.296.